The maximum atomic E-state index is 13.0. The van der Waals surface area contributed by atoms with Crippen molar-refractivity contribution in [3.63, 3.8) is 0 Å². The van der Waals surface area contributed by atoms with E-state index in [-0.39, 0.29) is 17.5 Å². The quantitative estimate of drug-likeness (QED) is 0.771. The molecule has 1 amide bonds. The van der Waals surface area contributed by atoms with Gasteiger partial charge in [0.05, 0.1) is 0 Å². The van der Waals surface area contributed by atoms with Crippen molar-refractivity contribution < 1.29 is 9.53 Å². The summed E-state index contributed by atoms with van der Waals surface area (Å²) in [5, 5.41) is 0. The van der Waals surface area contributed by atoms with E-state index in [1.54, 1.807) is 4.57 Å². The third kappa shape index (κ3) is 4.12. The number of benzene rings is 1. The van der Waals surface area contributed by atoms with Crippen molar-refractivity contribution in [2.45, 2.75) is 25.8 Å². The van der Waals surface area contributed by atoms with E-state index >= 15 is 0 Å². The monoisotopic (exact) mass is 381 g/mol. The van der Waals surface area contributed by atoms with E-state index in [9.17, 15) is 9.59 Å². The summed E-state index contributed by atoms with van der Waals surface area (Å²) < 4.78 is 7.49. The first-order valence-corrected chi connectivity index (χ1v) is 10.0. The number of aryl methyl sites for hydroxylation is 1. The number of nitrogens with zero attached hydrogens (tertiary/aromatic N) is 3. The van der Waals surface area contributed by atoms with Crippen LogP contribution in [0.4, 0.5) is 0 Å². The molecule has 0 atom stereocenters. The van der Waals surface area contributed by atoms with Crippen LogP contribution < -0.4 is 10.3 Å². The van der Waals surface area contributed by atoms with Gasteiger partial charge in [-0.15, -0.1) is 0 Å². The average Bonchev–Trinajstić information content (AvgIpc) is 3.54. The van der Waals surface area contributed by atoms with Crippen molar-refractivity contribution in [2.75, 3.05) is 39.3 Å². The molecule has 6 nitrogen and oxygen atoms in total. The van der Waals surface area contributed by atoms with Gasteiger partial charge in [0.2, 0.25) is 0 Å². The largest absolute Gasteiger partial charge is 0.492 e. The number of carbonyl (C=O) groups is 1. The Labute approximate surface area is 165 Å². The van der Waals surface area contributed by atoms with Crippen LogP contribution in [0.3, 0.4) is 0 Å². The molecule has 1 saturated carbocycles. The first-order valence-electron chi connectivity index (χ1n) is 10.0. The maximum absolute atomic E-state index is 13.0. The number of rotatable bonds is 6. The molecule has 28 heavy (non-hydrogen) atoms. The molecule has 6 heteroatoms. The number of hydrogen-bond donors (Lipinski definition) is 0. The molecule has 0 spiro atoms. The standard InChI is InChI=1S/C22H27N3O3/c1-17-9-10-25(18-7-8-18)22(27)20(17)21(26)24-13-11-23(12-14-24)15-16-28-19-5-3-2-4-6-19/h2-6,9-10,18H,7-8,11-16H2,1H3. The molecule has 0 radical (unpaired) electrons. The SMILES string of the molecule is Cc1ccn(C2CC2)c(=O)c1C(=O)N1CCN(CCOc2ccccc2)CC1. The Morgan fingerprint density at radius 3 is 2.46 bits per heavy atom. The molecular weight excluding hydrogens is 354 g/mol. The molecule has 1 saturated heterocycles. The summed E-state index contributed by atoms with van der Waals surface area (Å²) in [6.45, 7) is 6.18. The minimum absolute atomic E-state index is 0.127. The van der Waals surface area contributed by atoms with E-state index in [4.69, 9.17) is 4.74 Å². The van der Waals surface area contributed by atoms with E-state index in [1.807, 2.05) is 54.4 Å². The van der Waals surface area contributed by atoms with Crippen molar-refractivity contribution in [2.24, 2.45) is 0 Å². The fraction of sp³-hybridized carbons (Fsp3) is 0.455. The van der Waals surface area contributed by atoms with Gasteiger partial charge in [0, 0.05) is 45.0 Å². The summed E-state index contributed by atoms with van der Waals surface area (Å²) in [4.78, 5) is 29.9. The van der Waals surface area contributed by atoms with Gasteiger partial charge < -0.3 is 14.2 Å². The number of pyridine rings is 1. The van der Waals surface area contributed by atoms with Crippen molar-refractivity contribution in [1.29, 1.82) is 0 Å². The fourth-order valence-electron chi connectivity index (χ4n) is 3.68. The summed E-state index contributed by atoms with van der Waals surface area (Å²) in [6, 6.07) is 12.0. The predicted octanol–water partition coefficient (Wildman–Crippen LogP) is 2.33. The number of carbonyl (C=O) groups excluding carboxylic acids is 1. The van der Waals surface area contributed by atoms with Crippen molar-refractivity contribution in [3.8, 4) is 5.75 Å². The van der Waals surface area contributed by atoms with Crippen LogP contribution in [0.1, 0.15) is 34.8 Å². The van der Waals surface area contributed by atoms with Gasteiger partial charge in [0.1, 0.15) is 17.9 Å². The molecule has 0 unspecified atom stereocenters. The summed E-state index contributed by atoms with van der Waals surface area (Å²) in [7, 11) is 0. The van der Waals surface area contributed by atoms with Gasteiger partial charge in [-0.05, 0) is 43.5 Å². The third-order valence-corrected chi connectivity index (χ3v) is 5.56. The third-order valence-electron chi connectivity index (χ3n) is 5.56. The molecule has 148 valence electrons. The second-order valence-electron chi connectivity index (χ2n) is 7.61. The van der Waals surface area contributed by atoms with Crippen LogP contribution in [0.25, 0.3) is 0 Å². The second kappa shape index (κ2) is 8.19. The van der Waals surface area contributed by atoms with E-state index in [1.165, 1.54) is 0 Å². The van der Waals surface area contributed by atoms with Crippen molar-refractivity contribution in [1.82, 2.24) is 14.4 Å². The van der Waals surface area contributed by atoms with Crippen LogP contribution in [0.2, 0.25) is 0 Å². The van der Waals surface area contributed by atoms with Crippen LogP contribution in [-0.4, -0.2) is 59.6 Å². The summed E-state index contributed by atoms with van der Waals surface area (Å²) in [6.07, 6.45) is 3.89. The van der Waals surface area contributed by atoms with Crippen molar-refractivity contribution in [3.05, 3.63) is 64.1 Å². The Morgan fingerprint density at radius 1 is 1.07 bits per heavy atom. The van der Waals surface area contributed by atoms with Gasteiger partial charge in [-0.3, -0.25) is 14.5 Å². The highest BCUT2D eigenvalue weighted by atomic mass is 16.5. The van der Waals surface area contributed by atoms with Gasteiger partial charge in [-0.1, -0.05) is 18.2 Å². The molecule has 1 aliphatic heterocycles. The number of aromatic nitrogens is 1. The zero-order valence-electron chi connectivity index (χ0n) is 16.3. The number of hydrogen-bond acceptors (Lipinski definition) is 4. The topological polar surface area (TPSA) is 54.8 Å². The number of amides is 1. The number of piperazine rings is 1. The lowest BCUT2D eigenvalue weighted by atomic mass is 10.1. The molecule has 1 aromatic carbocycles. The maximum Gasteiger partial charge on any atom is 0.263 e. The Morgan fingerprint density at radius 2 is 1.79 bits per heavy atom. The molecule has 1 aliphatic carbocycles. The number of ether oxygens (including phenoxy) is 1. The van der Waals surface area contributed by atoms with Gasteiger partial charge in [0.15, 0.2) is 0 Å². The lowest BCUT2D eigenvalue weighted by molar-refractivity contribution is 0.0617. The zero-order valence-corrected chi connectivity index (χ0v) is 16.3. The van der Waals surface area contributed by atoms with E-state index in [0.717, 1.165) is 43.8 Å². The minimum Gasteiger partial charge on any atom is -0.492 e. The van der Waals surface area contributed by atoms with Crippen LogP contribution in [0.5, 0.6) is 5.75 Å². The van der Waals surface area contributed by atoms with Crippen LogP contribution in [0.15, 0.2) is 47.4 Å². The van der Waals surface area contributed by atoms with E-state index in [0.29, 0.717) is 25.3 Å². The molecular formula is C22H27N3O3. The average molecular weight is 381 g/mol. The molecule has 0 N–H and O–H groups in total. The molecule has 2 fully saturated rings. The van der Waals surface area contributed by atoms with Crippen LogP contribution in [0, 0.1) is 6.92 Å². The Bertz CT molecular complexity index is 882. The highest BCUT2D eigenvalue weighted by Gasteiger charge is 2.29. The molecule has 2 aromatic rings. The van der Waals surface area contributed by atoms with Crippen LogP contribution in [-0.2, 0) is 0 Å². The van der Waals surface area contributed by atoms with Gasteiger partial charge in [-0.25, -0.2) is 0 Å². The van der Waals surface area contributed by atoms with E-state index in [2.05, 4.69) is 4.90 Å². The zero-order chi connectivity index (χ0) is 19.5. The lowest BCUT2D eigenvalue weighted by Crippen LogP contribution is -2.50. The Balaban J connectivity index is 1.32. The van der Waals surface area contributed by atoms with Gasteiger partial charge in [-0.2, -0.15) is 0 Å². The lowest BCUT2D eigenvalue weighted by Gasteiger charge is -2.34. The summed E-state index contributed by atoms with van der Waals surface area (Å²) in [5.41, 5.74) is 0.979. The second-order valence-corrected chi connectivity index (χ2v) is 7.61. The smallest absolute Gasteiger partial charge is 0.263 e. The molecule has 2 aliphatic rings. The molecule has 4 rings (SSSR count). The highest BCUT2D eigenvalue weighted by molar-refractivity contribution is 5.95. The normalized spacial score (nSPS) is 17.5. The van der Waals surface area contributed by atoms with Gasteiger partial charge >= 0.3 is 0 Å². The highest BCUT2D eigenvalue weighted by Crippen LogP contribution is 2.33. The molecule has 2 heterocycles. The first kappa shape index (κ1) is 18.7. The molecule has 1 aromatic heterocycles. The molecule has 0 bridgehead atoms. The summed E-state index contributed by atoms with van der Waals surface area (Å²) >= 11 is 0. The van der Waals surface area contributed by atoms with Crippen LogP contribution >= 0.6 is 0 Å². The first-order chi connectivity index (χ1) is 13.6. The van der Waals surface area contributed by atoms with E-state index < -0.39 is 0 Å². The summed E-state index contributed by atoms with van der Waals surface area (Å²) in [5.74, 6) is 0.750. The minimum atomic E-state index is -0.133. The fourth-order valence-corrected chi connectivity index (χ4v) is 3.68. The Hall–Kier alpha value is -2.60. The van der Waals surface area contributed by atoms with Gasteiger partial charge in [0.25, 0.3) is 11.5 Å². The predicted molar refractivity (Wildman–Crippen MR) is 108 cm³/mol. The number of para-hydroxylation sites is 1. The van der Waals surface area contributed by atoms with Crippen molar-refractivity contribution >= 4 is 5.91 Å². The Kier molecular flexibility index (Phi) is 5.48.